The fraction of sp³-hybridized carbons (Fsp3) is 0.417. The van der Waals surface area contributed by atoms with Gasteiger partial charge in [-0.05, 0) is 184 Å². The SMILES string of the molecule is Cc1cc(F)cc(-c2cc(C(C)(C)CC(C)(C)C)cc(-c3cc(C(C)(C)C)cc(C(C)(C)C)c3)c2O)c1OCCCCOc1c(C)cc(F)cc1-c1cc(C(C)(C)CC(C)(C)C)cc(-n2c3cc(Br)ccc3c3ccc(Br)cc32)c1O. The maximum absolute atomic E-state index is 15.9. The normalized spacial score (nSPS) is 13.0. The van der Waals surface area contributed by atoms with Gasteiger partial charge in [-0.25, -0.2) is 8.78 Å². The van der Waals surface area contributed by atoms with Crippen molar-refractivity contribution in [2.24, 2.45) is 10.8 Å². The van der Waals surface area contributed by atoms with Crippen LogP contribution in [0, 0.1) is 36.3 Å². The zero-order chi connectivity index (χ0) is 59.7. The lowest BCUT2D eigenvalue weighted by molar-refractivity contribution is 0.265. The quantitative estimate of drug-likeness (QED) is 0.100. The Kier molecular flexibility index (Phi) is 17.1. The molecule has 0 unspecified atom stereocenters. The van der Waals surface area contributed by atoms with Crippen molar-refractivity contribution in [2.75, 3.05) is 13.2 Å². The Labute approximate surface area is 498 Å². The van der Waals surface area contributed by atoms with E-state index in [1.165, 1.54) is 35.4 Å². The van der Waals surface area contributed by atoms with Crippen LogP contribution >= 0.6 is 31.9 Å². The summed E-state index contributed by atoms with van der Waals surface area (Å²) in [6.07, 6.45) is 2.85. The van der Waals surface area contributed by atoms with Crippen LogP contribution < -0.4 is 9.47 Å². The minimum atomic E-state index is -0.437. The molecule has 0 bridgehead atoms. The highest BCUT2D eigenvalue weighted by molar-refractivity contribution is 9.10. The summed E-state index contributed by atoms with van der Waals surface area (Å²) in [6.45, 7) is 39.9. The molecule has 0 saturated heterocycles. The van der Waals surface area contributed by atoms with Crippen LogP contribution in [0.3, 0.4) is 0 Å². The third-order valence-electron chi connectivity index (χ3n) is 15.7. The fourth-order valence-electron chi connectivity index (χ4n) is 12.4. The van der Waals surface area contributed by atoms with Crippen LogP contribution in [-0.4, -0.2) is 28.0 Å². The first-order valence-electron chi connectivity index (χ1n) is 28.6. The Hall–Kier alpha value is -5.64. The molecular weight excluding hydrogens is 1140 g/mol. The van der Waals surface area contributed by atoms with Crippen LogP contribution in [0.2, 0.25) is 0 Å². The van der Waals surface area contributed by atoms with E-state index >= 15 is 8.78 Å². The van der Waals surface area contributed by atoms with Gasteiger partial charge in [0.1, 0.15) is 34.6 Å². The van der Waals surface area contributed by atoms with Gasteiger partial charge in [-0.2, -0.15) is 0 Å². The molecule has 0 atom stereocenters. The van der Waals surface area contributed by atoms with Crippen LogP contribution in [0.25, 0.3) is 60.9 Å². The summed E-state index contributed by atoms with van der Waals surface area (Å²) >= 11 is 7.44. The first-order valence-corrected chi connectivity index (χ1v) is 30.2. The highest BCUT2D eigenvalue weighted by Gasteiger charge is 2.33. The summed E-state index contributed by atoms with van der Waals surface area (Å²) in [5.41, 5.74) is 10.5. The number of unbranched alkanes of at least 4 members (excludes halogenated alkanes) is 1. The predicted molar refractivity (Wildman–Crippen MR) is 343 cm³/mol. The van der Waals surface area contributed by atoms with Gasteiger partial charge < -0.3 is 24.3 Å². The van der Waals surface area contributed by atoms with Gasteiger partial charge in [0.2, 0.25) is 0 Å². The van der Waals surface area contributed by atoms with Gasteiger partial charge in [-0.3, -0.25) is 0 Å². The molecule has 0 saturated carbocycles. The fourth-order valence-corrected chi connectivity index (χ4v) is 13.1. The molecule has 5 nitrogen and oxygen atoms in total. The zero-order valence-electron chi connectivity index (χ0n) is 51.2. The number of phenols is 2. The van der Waals surface area contributed by atoms with Crippen molar-refractivity contribution >= 4 is 53.7 Å². The number of aryl methyl sites for hydroxylation is 2. The standard InChI is InChI=1S/C72H85Br2F2NO4/c1-42-27-51(75)38-58(56-33-47(71(15,16)40-67(3,4)5)32-55(63(56)78)44-29-45(69(9,10)11)31-46(30-44)70(12,13)14)65(42)80-25-19-20-26-81-66-43(2)28-52(76)39-59(66)57-34-48(72(17,18)41-68(6,7)8)35-62(64(57)79)77-60-36-49(73)21-23-53(60)54-24-22-50(74)37-61(54)77/h21-24,27-39,78-79H,19-20,25-26,40-41H2,1-18H3. The van der Waals surface area contributed by atoms with E-state index in [4.69, 9.17) is 9.47 Å². The second kappa shape index (κ2) is 22.5. The molecule has 1 aromatic heterocycles. The molecule has 0 amide bonds. The van der Waals surface area contributed by atoms with Crippen molar-refractivity contribution in [3.63, 3.8) is 0 Å². The molecule has 81 heavy (non-hydrogen) atoms. The maximum Gasteiger partial charge on any atom is 0.147 e. The highest BCUT2D eigenvalue weighted by atomic mass is 79.9. The molecular formula is C72H85Br2F2NO4. The molecule has 0 aliphatic rings. The van der Waals surface area contributed by atoms with Crippen molar-refractivity contribution in [3.8, 4) is 62.1 Å². The number of nitrogens with zero attached hydrogens (tertiary/aromatic N) is 1. The third-order valence-corrected chi connectivity index (χ3v) is 16.7. The smallest absolute Gasteiger partial charge is 0.147 e. The Balaban J connectivity index is 1.14. The summed E-state index contributed by atoms with van der Waals surface area (Å²) < 4.78 is 49.1. The van der Waals surface area contributed by atoms with Crippen molar-refractivity contribution in [3.05, 3.63) is 157 Å². The molecule has 2 N–H and O–H groups in total. The van der Waals surface area contributed by atoms with Crippen LogP contribution in [0.15, 0.2) is 112 Å². The number of hydrogen-bond acceptors (Lipinski definition) is 4. The number of fused-ring (bicyclic) bond motifs is 3. The molecule has 8 rings (SSSR count). The molecule has 0 aliphatic heterocycles. The predicted octanol–water partition coefficient (Wildman–Crippen LogP) is 21.9. The minimum Gasteiger partial charge on any atom is -0.507 e. The number of ether oxygens (including phenoxy) is 2. The lowest BCUT2D eigenvalue weighted by atomic mass is 9.71. The van der Waals surface area contributed by atoms with Gasteiger partial charge in [-0.1, -0.05) is 173 Å². The average Bonchev–Trinajstić information content (AvgIpc) is 3.95. The Morgan fingerprint density at radius 1 is 0.444 bits per heavy atom. The van der Waals surface area contributed by atoms with E-state index in [9.17, 15) is 10.2 Å². The average molecular weight is 1230 g/mol. The van der Waals surface area contributed by atoms with E-state index in [1.807, 2.05) is 38.1 Å². The molecule has 7 aromatic carbocycles. The number of aromatic hydroxyl groups is 2. The lowest BCUT2D eigenvalue weighted by Crippen LogP contribution is -2.25. The number of aromatic nitrogens is 1. The molecule has 0 aliphatic carbocycles. The van der Waals surface area contributed by atoms with E-state index in [1.54, 1.807) is 0 Å². The number of benzene rings is 7. The molecule has 1 heterocycles. The summed E-state index contributed by atoms with van der Waals surface area (Å²) in [6, 6.07) is 33.2. The molecule has 0 radical (unpaired) electrons. The molecule has 9 heteroatoms. The maximum atomic E-state index is 15.9. The van der Waals surface area contributed by atoms with Crippen LogP contribution in [0.5, 0.6) is 23.0 Å². The number of phenolic OH excluding ortho intramolecular Hbond substituents is 2. The van der Waals surface area contributed by atoms with E-state index in [2.05, 4.69) is 202 Å². The Morgan fingerprint density at radius 3 is 1.25 bits per heavy atom. The minimum absolute atomic E-state index is 0.00157. The van der Waals surface area contributed by atoms with Gasteiger partial charge in [0.25, 0.3) is 0 Å². The number of halogens is 4. The summed E-state index contributed by atoms with van der Waals surface area (Å²) in [5, 5.41) is 27.5. The zero-order valence-corrected chi connectivity index (χ0v) is 54.4. The van der Waals surface area contributed by atoms with Gasteiger partial charge in [0.15, 0.2) is 0 Å². The highest BCUT2D eigenvalue weighted by Crippen LogP contribution is 2.51. The number of hydrogen-bond donors (Lipinski definition) is 2. The first-order chi connectivity index (χ1) is 37.4. The molecule has 0 fully saturated rings. The van der Waals surface area contributed by atoms with Gasteiger partial charge in [0.05, 0.1) is 29.9 Å². The number of rotatable bonds is 15. The van der Waals surface area contributed by atoms with Crippen LogP contribution in [0.1, 0.15) is 170 Å². The van der Waals surface area contributed by atoms with E-state index in [0.717, 1.165) is 60.3 Å². The third kappa shape index (κ3) is 13.6. The Morgan fingerprint density at radius 2 is 0.840 bits per heavy atom. The topological polar surface area (TPSA) is 63.8 Å². The van der Waals surface area contributed by atoms with Gasteiger partial charge >= 0.3 is 0 Å². The van der Waals surface area contributed by atoms with Crippen molar-refractivity contribution < 1.29 is 28.5 Å². The molecule has 8 aromatic rings. The molecule has 430 valence electrons. The van der Waals surface area contributed by atoms with Crippen molar-refractivity contribution in [2.45, 2.75) is 172 Å². The summed E-state index contributed by atoms with van der Waals surface area (Å²) in [5.74, 6) is 0.208. The van der Waals surface area contributed by atoms with E-state index < -0.39 is 11.6 Å². The van der Waals surface area contributed by atoms with E-state index in [0.29, 0.717) is 69.0 Å². The largest absolute Gasteiger partial charge is 0.507 e. The Bertz CT molecular complexity index is 3600. The summed E-state index contributed by atoms with van der Waals surface area (Å²) in [4.78, 5) is 0. The summed E-state index contributed by atoms with van der Waals surface area (Å²) in [7, 11) is 0. The van der Waals surface area contributed by atoms with Crippen molar-refractivity contribution in [1.82, 2.24) is 4.57 Å². The monoisotopic (exact) mass is 1220 g/mol. The van der Waals surface area contributed by atoms with Crippen molar-refractivity contribution in [1.29, 1.82) is 0 Å². The van der Waals surface area contributed by atoms with Gasteiger partial charge in [0, 0.05) is 47.5 Å². The second-order valence-corrected chi connectivity index (χ2v) is 30.4. The first kappa shape index (κ1) is 61.4. The lowest BCUT2D eigenvalue weighted by Gasteiger charge is -2.34. The molecule has 0 spiro atoms. The van der Waals surface area contributed by atoms with Gasteiger partial charge in [-0.15, -0.1) is 0 Å². The second-order valence-electron chi connectivity index (χ2n) is 28.6. The van der Waals surface area contributed by atoms with Crippen LogP contribution in [-0.2, 0) is 21.7 Å². The van der Waals surface area contributed by atoms with Crippen LogP contribution in [0.4, 0.5) is 8.78 Å². The van der Waals surface area contributed by atoms with E-state index in [-0.39, 0.29) is 57.2 Å².